The summed E-state index contributed by atoms with van der Waals surface area (Å²) >= 11 is 11.9. The van der Waals surface area contributed by atoms with Gasteiger partial charge in [-0.2, -0.15) is 0 Å². The molecule has 2 aromatic carbocycles. The molecule has 0 spiro atoms. The molecule has 1 unspecified atom stereocenters. The fraction of sp³-hybridized carbons (Fsp3) is 0.150. The number of rotatable bonds is 6. The molecule has 0 radical (unpaired) electrons. The van der Waals surface area contributed by atoms with Gasteiger partial charge in [0.05, 0.1) is 22.2 Å². The molecule has 3 rings (SSSR count). The number of anilines is 1. The van der Waals surface area contributed by atoms with Crippen LogP contribution in [0.4, 0.5) is 5.69 Å². The molecule has 0 saturated carbocycles. The number of aromatic nitrogens is 1. The first-order chi connectivity index (χ1) is 13.3. The van der Waals surface area contributed by atoms with Gasteiger partial charge in [-0.15, -0.1) is 0 Å². The average Bonchev–Trinajstić information content (AvgIpc) is 3.19. The molecule has 1 atom stereocenters. The van der Waals surface area contributed by atoms with Crippen LogP contribution >= 0.6 is 23.2 Å². The van der Waals surface area contributed by atoms with Crippen LogP contribution in [0.3, 0.4) is 0 Å². The predicted octanol–water partition coefficient (Wildman–Crippen LogP) is 0.689. The molecular formula is C20H15Cl2N2NaO4. The standard InChI is InChI=1S/C20H16Cl2N2O4.Na/c1-20(19(26)27,13-4-7-15(21)16(22)8-13)9-18(25)24-14-5-2-12(3-6-14)17-10-23-11-28-17;/h2-8,10-11H,9H2,1H3,(H,24,25)(H,26,27);/q;+1/p-1. The number of carboxylic acids is 1. The Morgan fingerprint density at radius 1 is 1.14 bits per heavy atom. The first kappa shape index (κ1) is 23.4. The van der Waals surface area contributed by atoms with Gasteiger partial charge in [-0.05, 0) is 48.9 Å². The molecule has 29 heavy (non-hydrogen) atoms. The van der Waals surface area contributed by atoms with Crippen molar-refractivity contribution >= 4 is 40.8 Å². The molecule has 0 fully saturated rings. The molecule has 3 aromatic rings. The van der Waals surface area contributed by atoms with Gasteiger partial charge in [0.25, 0.3) is 0 Å². The van der Waals surface area contributed by atoms with Gasteiger partial charge in [-0.3, -0.25) is 4.79 Å². The summed E-state index contributed by atoms with van der Waals surface area (Å²) in [6.07, 6.45) is 2.57. The predicted molar refractivity (Wildman–Crippen MR) is 104 cm³/mol. The molecule has 1 heterocycles. The van der Waals surface area contributed by atoms with E-state index in [4.69, 9.17) is 27.6 Å². The first-order valence-electron chi connectivity index (χ1n) is 8.25. The van der Waals surface area contributed by atoms with E-state index in [0.29, 0.717) is 22.0 Å². The van der Waals surface area contributed by atoms with Gasteiger partial charge in [0.2, 0.25) is 5.91 Å². The second kappa shape index (κ2) is 9.78. The van der Waals surface area contributed by atoms with E-state index in [9.17, 15) is 14.7 Å². The Balaban J connectivity index is 0.00000300. The van der Waals surface area contributed by atoms with Crippen molar-refractivity contribution in [2.24, 2.45) is 0 Å². The maximum absolute atomic E-state index is 12.5. The number of nitrogens with one attached hydrogen (secondary N) is 1. The largest absolute Gasteiger partial charge is 1.00 e. The van der Waals surface area contributed by atoms with E-state index in [-0.39, 0.29) is 41.0 Å². The molecule has 0 bridgehead atoms. The number of amides is 1. The van der Waals surface area contributed by atoms with E-state index in [1.807, 2.05) is 0 Å². The summed E-state index contributed by atoms with van der Waals surface area (Å²) in [6, 6.07) is 11.3. The first-order valence-corrected chi connectivity index (χ1v) is 9.01. The summed E-state index contributed by atoms with van der Waals surface area (Å²) in [5.74, 6) is -1.27. The van der Waals surface area contributed by atoms with Crippen molar-refractivity contribution in [3.8, 4) is 11.3 Å². The van der Waals surface area contributed by atoms with Crippen LogP contribution in [0.1, 0.15) is 18.9 Å². The summed E-state index contributed by atoms with van der Waals surface area (Å²) in [5.41, 5.74) is 0.0738. The third kappa shape index (κ3) is 5.41. The summed E-state index contributed by atoms with van der Waals surface area (Å²) < 4.78 is 5.21. The van der Waals surface area contributed by atoms with E-state index in [1.165, 1.54) is 31.5 Å². The molecule has 6 nitrogen and oxygen atoms in total. The van der Waals surface area contributed by atoms with Gasteiger partial charge in [-0.25, -0.2) is 4.98 Å². The third-order valence-corrected chi connectivity index (χ3v) is 5.15. The second-order valence-electron chi connectivity index (χ2n) is 6.42. The Hall–Kier alpha value is -1.83. The van der Waals surface area contributed by atoms with Crippen LogP contribution in [0.25, 0.3) is 11.3 Å². The van der Waals surface area contributed by atoms with Gasteiger partial charge in [0.15, 0.2) is 12.2 Å². The van der Waals surface area contributed by atoms with Crippen molar-refractivity contribution in [2.45, 2.75) is 18.8 Å². The molecule has 0 aliphatic heterocycles. The zero-order valence-electron chi connectivity index (χ0n) is 15.7. The Kier molecular flexibility index (Phi) is 7.91. The number of carboxylic acid groups (broad SMARTS) is 1. The van der Waals surface area contributed by atoms with Crippen molar-refractivity contribution in [2.75, 3.05) is 5.32 Å². The zero-order chi connectivity index (χ0) is 20.3. The van der Waals surface area contributed by atoms with Gasteiger partial charge in [-0.1, -0.05) is 29.3 Å². The Morgan fingerprint density at radius 3 is 2.38 bits per heavy atom. The van der Waals surface area contributed by atoms with Gasteiger partial charge in [0.1, 0.15) is 0 Å². The minimum absolute atomic E-state index is 0. The minimum Gasteiger partial charge on any atom is -0.549 e. The number of carbonyl (C=O) groups excluding carboxylic acids is 2. The zero-order valence-corrected chi connectivity index (χ0v) is 19.3. The third-order valence-electron chi connectivity index (χ3n) is 4.41. The fourth-order valence-corrected chi connectivity index (χ4v) is 3.03. The number of carbonyl (C=O) groups is 2. The van der Waals surface area contributed by atoms with Gasteiger partial charge < -0.3 is 19.6 Å². The van der Waals surface area contributed by atoms with Crippen LogP contribution in [-0.4, -0.2) is 16.9 Å². The fourth-order valence-electron chi connectivity index (χ4n) is 2.73. The number of benzene rings is 2. The topological polar surface area (TPSA) is 95.3 Å². The molecule has 1 aromatic heterocycles. The van der Waals surface area contributed by atoms with Crippen molar-refractivity contribution in [1.82, 2.24) is 4.98 Å². The number of hydrogen-bond donors (Lipinski definition) is 1. The maximum atomic E-state index is 12.5. The van der Waals surface area contributed by atoms with Crippen molar-refractivity contribution < 1.29 is 48.7 Å². The molecule has 0 aliphatic rings. The minimum atomic E-state index is -1.57. The van der Waals surface area contributed by atoms with E-state index >= 15 is 0 Å². The second-order valence-corrected chi connectivity index (χ2v) is 7.23. The summed E-state index contributed by atoms with van der Waals surface area (Å²) in [4.78, 5) is 28.1. The summed E-state index contributed by atoms with van der Waals surface area (Å²) in [6.45, 7) is 1.41. The molecule has 144 valence electrons. The van der Waals surface area contributed by atoms with Crippen LogP contribution in [0.2, 0.25) is 10.0 Å². The van der Waals surface area contributed by atoms with Crippen molar-refractivity contribution in [1.29, 1.82) is 0 Å². The smallest absolute Gasteiger partial charge is 0.549 e. The quantitative estimate of drug-likeness (QED) is 0.568. The van der Waals surface area contributed by atoms with Crippen LogP contribution < -0.4 is 40.0 Å². The number of nitrogens with zero attached hydrogens (tertiary/aromatic N) is 1. The van der Waals surface area contributed by atoms with Crippen LogP contribution in [0.5, 0.6) is 0 Å². The van der Waals surface area contributed by atoms with Crippen LogP contribution in [-0.2, 0) is 15.0 Å². The normalized spacial score (nSPS) is 12.5. The van der Waals surface area contributed by atoms with Crippen LogP contribution in [0, 0.1) is 0 Å². The Bertz CT molecular complexity index is 1010. The molecule has 9 heteroatoms. The average molecular weight is 441 g/mol. The van der Waals surface area contributed by atoms with Crippen molar-refractivity contribution in [3.05, 3.63) is 70.7 Å². The van der Waals surface area contributed by atoms with E-state index < -0.39 is 17.3 Å². The maximum Gasteiger partial charge on any atom is 1.00 e. The Labute approximate surface area is 199 Å². The van der Waals surface area contributed by atoms with Crippen LogP contribution in [0.15, 0.2) is 59.5 Å². The van der Waals surface area contributed by atoms with Crippen molar-refractivity contribution in [3.63, 3.8) is 0 Å². The Morgan fingerprint density at radius 2 is 1.83 bits per heavy atom. The SMILES string of the molecule is CC(CC(=O)Nc1ccc(-c2cnco2)cc1)(C(=O)[O-])c1ccc(Cl)c(Cl)c1.[Na+]. The summed E-state index contributed by atoms with van der Waals surface area (Å²) in [5, 5.41) is 15.0. The molecule has 0 aliphatic carbocycles. The monoisotopic (exact) mass is 440 g/mol. The van der Waals surface area contributed by atoms with Gasteiger partial charge in [0, 0.05) is 23.1 Å². The van der Waals surface area contributed by atoms with E-state index in [2.05, 4.69) is 10.3 Å². The van der Waals surface area contributed by atoms with E-state index in [0.717, 1.165) is 5.56 Å². The molecule has 1 N–H and O–H groups in total. The molecule has 1 amide bonds. The molecular weight excluding hydrogens is 426 g/mol. The van der Waals surface area contributed by atoms with E-state index in [1.54, 1.807) is 30.5 Å². The number of aliphatic carboxylic acids is 1. The number of halogens is 2. The molecule has 0 saturated heterocycles. The van der Waals surface area contributed by atoms with Gasteiger partial charge >= 0.3 is 29.6 Å². The summed E-state index contributed by atoms with van der Waals surface area (Å²) in [7, 11) is 0. The number of hydrogen-bond acceptors (Lipinski definition) is 5. The number of oxazole rings is 1.